The topological polar surface area (TPSA) is 37.3 Å². The van der Waals surface area contributed by atoms with E-state index in [1.165, 1.54) is 0 Å². The molecule has 1 aromatic carbocycles. The number of rotatable bonds is 1. The molecule has 0 saturated heterocycles. The monoisotopic (exact) mass is 340 g/mol. The summed E-state index contributed by atoms with van der Waals surface area (Å²) in [5.41, 5.74) is 1.28. The summed E-state index contributed by atoms with van der Waals surface area (Å²) in [5, 5.41) is 8.78. The minimum atomic E-state index is -0.900. The Bertz CT molecular complexity index is 336. The predicted octanol–water partition coefficient (Wildman–Crippen LogP) is 3.06. The van der Waals surface area contributed by atoms with Gasteiger partial charge in [0.2, 0.25) is 0 Å². The zero-order valence-corrected chi connectivity index (χ0v) is 10.0. The maximum Gasteiger partial charge on any atom is 0.336 e. The first kappa shape index (κ1) is 9.98. The molecule has 0 aromatic heterocycles. The summed E-state index contributed by atoms with van der Waals surface area (Å²) in [7, 11) is 0. The summed E-state index contributed by atoms with van der Waals surface area (Å²) in [4.78, 5) is 10.7. The summed E-state index contributed by atoms with van der Waals surface area (Å²) in [6, 6.07) is 3.58. The third-order valence-corrected chi connectivity index (χ3v) is 3.85. The van der Waals surface area contributed by atoms with Crippen molar-refractivity contribution in [1.82, 2.24) is 0 Å². The van der Waals surface area contributed by atoms with Gasteiger partial charge in [-0.3, -0.25) is 0 Å². The van der Waals surface area contributed by atoms with Gasteiger partial charge in [-0.15, -0.1) is 0 Å². The van der Waals surface area contributed by atoms with Crippen LogP contribution in [0.15, 0.2) is 16.6 Å². The molecule has 64 valence electrons. The third kappa shape index (κ3) is 1.98. The molecule has 0 amide bonds. The standard InChI is InChI=1S/C8H6BrIO2/c1-4-2-5(8(11)12)7(9)6(10)3-4/h2-3H,1H3,(H,11,12). The van der Waals surface area contributed by atoms with Crippen LogP contribution in [0, 0.1) is 10.5 Å². The van der Waals surface area contributed by atoms with Crippen LogP contribution in [0.4, 0.5) is 0 Å². The summed E-state index contributed by atoms with van der Waals surface area (Å²) in [5.74, 6) is -0.900. The molecule has 4 heteroatoms. The maximum absolute atomic E-state index is 10.7. The number of carbonyl (C=O) groups is 1. The number of aryl methyl sites for hydroxylation is 1. The van der Waals surface area contributed by atoms with Crippen molar-refractivity contribution in [3.8, 4) is 0 Å². The van der Waals surface area contributed by atoms with Crippen LogP contribution in [0.25, 0.3) is 0 Å². The highest BCUT2D eigenvalue weighted by molar-refractivity contribution is 14.1. The van der Waals surface area contributed by atoms with Gasteiger partial charge in [0, 0.05) is 8.04 Å². The largest absolute Gasteiger partial charge is 0.478 e. The fourth-order valence-electron chi connectivity index (χ4n) is 0.880. The molecule has 0 saturated carbocycles. The van der Waals surface area contributed by atoms with Crippen molar-refractivity contribution in [1.29, 1.82) is 0 Å². The van der Waals surface area contributed by atoms with Gasteiger partial charge in [0.25, 0.3) is 0 Å². The molecule has 0 fully saturated rings. The predicted molar refractivity (Wildman–Crippen MR) is 58.6 cm³/mol. The molecule has 0 bridgehead atoms. The highest BCUT2D eigenvalue weighted by Crippen LogP contribution is 2.24. The van der Waals surface area contributed by atoms with Crippen molar-refractivity contribution < 1.29 is 9.90 Å². The van der Waals surface area contributed by atoms with Crippen LogP contribution in [-0.2, 0) is 0 Å². The zero-order valence-electron chi connectivity index (χ0n) is 6.27. The Kier molecular flexibility index (Phi) is 3.11. The highest BCUT2D eigenvalue weighted by Gasteiger charge is 2.10. The SMILES string of the molecule is Cc1cc(I)c(Br)c(C(=O)O)c1. The van der Waals surface area contributed by atoms with E-state index in [-0.39, 0.29) is 0 Å². The van der Waals surface area contributed by atoms with E-state index in [0.717, 1.165) is 9.13 Å². The van der Waals surface area contributed by atoms with E-state index < -0.39 is 5.97 Å². The number of hydrogen-bond donors (Lipinski definition) is 1. The van der Waals surface area contributed by atoms with Crippen molar-refractivity contribution in [2.24, 2.45) is 0 Å². The second kappa shape index (κ2) is 3.74. The van der Waals surface area contributed by atoms with Gasteiger partial charge in [0.15, 0.2) is 0 Å². The van der Waals surface area contributed by atoms with E-state index in [9.17, 15) is 4.79 Å². The Morgan fingerprint density at radius 3 is 2.67 bits per heavy atom. The number of hydrogen-bond acceptors (Lipinski definition) is 1. The molecular weight excluding hydrogens is 335 g/mol. The van der Waals surface area contributed by atoms with Gasteiger partial charge in [0.05, 0.1) is 5.56 Å². The zero-order chi connectivity index (χ0) is 9.30. The first-order valence-electron chi connectivity index (χ1n) is 3.21. The van der Waals surface area contributed by atoms with E-state index in [1.807, 2.05) is 13.0 Å². The lowest BCUT2D eigenvalue weighted by molar-refractivity contribution is 0.0695. The minimum absolute atomic E-state index is 0.319. The lowest BCUT2D eigenvalue weighted by Crippen LogP contribution is -1.99. The molecule has 0 aliphatic heterocycles. The fraction of sp³-hybridized carbons (Fsp3) is 0.125. The molecule has 12 heavy (non-hydrogen) atoms. The van der Waals surface area contributed by atoms with Crippen molar-refractivity contribution in [2.45, 2.75) is 6.92 Å². The average molecular weight is 341 g/mol. The van der Waals surface area contributed by atoms with E-state index in [4.69, 9.17) is 5.11 Å². The second-order valence-electron chi connectivity index (χ2n) is 2.41. The molecule has 2 nitrogen and oxygen atoms in total. The van der Waals surface area contributed by atoms with Gasteiger partial charge in [-0.1, -0.05) is 0 Å². The number of halogens is 2. The molecule has 0 spiro atoms. The molecule has 1 aromatic rings. The average Bonchev–Trinajstić information content (AvgIpc) is 1.96. The number of carboxylic acids is 1. The Hall–Kier alpha value is -0.100. The number of carboxylic acid groups (broad SMARTS) is 1. The quantitative estimate of drug-likeness (QED) is 0.798. The summed E-state index contributed by atoms with van der Waals surface area (Å²) in [6.07, 6.45) is 0. The summed E-state index contributed by atoms with van der Waals surface area (Å²) in [6.45, 7) is 1.88. The minimum Gasteiger partial charge on any atom is -0.478 e. The molecule has 0 aliphatic rings. The first-order chi connectivity index (χ1) is 5.52. The normalized spacial score (nSPS) is 9.92. The molecule has 0 aliphatic carbocycles. The smallest absolute Gasteiger partial charge is 0.336 e. The van der Waals surface area contributed by atoms with Gasteiger partial charge < -0.3 is 5.11 Å². The van der Waals surface area contributed by atoms with Crippen LogP contribution in [-0.4, -0.2) is 11.1 Å². The van der Waals surface area contributed by atoms with E-state index >= 15 is 0 Å². The lowest BCUT2D eigenvalue weighted by Gasteiger charge is -2.02. The van der Waals surface area contributed by atoms with E-state index in [0.29, 0.717) is 10.0 Å². The third-order valence-electron chi connectivity index (χ3n) is 1.40. The van der Waals surface area contributed by atoms with Crippen LogP contribution in [0.5, 0.6) is 0 Å². The van der Waals surface area contributed by atoms with Gasteiger partial charge >= 0.3 is 5.97 Å². The Morgan fingerprint density at radius 2 is 2.17 bits per heavy atom. The van der Waals surface area contributed by atoms with Crippen LogP contribution in [0.1, 0.15) is 15.9 Å². The van der Waals surface area contributed by atoms with Crippen LogP contribution >= 0.6 is 38.5 Å². The molecule has 0 atom stereocenters. The van der Waals surface area contributed by atoms with Crippen molar-refractivity contribution >= 4 is 44.5 Å². The fourth-order valence-corrected chi connectivity index (χ4v) is 2.06. The van der Waals surface area contributed by atoms with E-state index in [1.54, 1.807) is 6.07 Å². The van der Waals surface area contributed by atoms with Crippen molar-refractivity contribution in [2.75, 3.05) is 0 Å². The van der Waals surface area contributed by atoms with Crippen LogP contribution in [0.3, 0.4) is 0 Å². The first-order valence-corrected chi connectivity index (χ1v) is 5.08. The van der Waals surface area contributed by atoms with Crippen LogP contribution in [0.2, 0.25) is 0 Å². The van der Waals surface area contributed by atoms with Gasteiger partial charge in [-0.05, 0) is 63.1 Å². The number of benzene rings is 1. The second-order valence-corrected chi connectivity index (χ2v) is 4.37. The maximum atomic E-state index is 10.7. The van der Waals surface area contributed by atoms with Crippen molar-refractivity contribution in [3.63, 3.8) is 0 Å². The van der Waals surface area contributed by atoms with Gasteiger partial charge in [-0.2, -0.15) is 0 Å². The molecule has 0 radical (unpaired) electrons. The van der Waals surface area contributed by atoms with Gasteiger partial charge in [0.1, 0.15) is 0 Å². The van der Waals surface area contributed by atoms with E-state index in [2.05, 4.69) is 38.5 Å². The van der Waals surface area contributed by atoms with Crippen LogP contribution < -0.4 is 0 Å². The lowest BCUT2D eigenvalue weighted by atomic mass is 10.1. The molecule has 0 unspecified atom stereocenters. The highest BCUT2D eigenvalue weighted by atomic mass is 127. The Morgan fingerprint density at radius 1 is 1.58 bits per heavy atom. The molecule has 0 heterocycles. The summed E-state index contributed by atoms with van der Waals surface area (Å²) >= 11 is 5.33. The Balaban J connectivity index is 3.37. The summed E-state index contributed by atoms with van der Waals surface area (Å²) < 4.78 is 1.58. The Labute approximate surface area is 92.2 Å². The molecule has 1 rings (SSSR count). The molecule has 1 N–H and O–H groups in total. The number of aromatic carboxylic acids is 1. The van der Waals surface area contributed by atoms with Crippen molar-refractivity contribution in [3.05, 3.63) is 31.3 Å². The molecular formula is C8H6BrIO2. The van der Waals surface area contributed by atoms with Gasteiger partial charge in [-0.25, -0.2) is 4.79 Å².